The molecule has 2 aromatic heterocycles. The van der Waals surface area contributed by atoms with Gasteiger partial charge in [-0.15, -0.1) is 0 Å². The molecule has 0 saturated heterocycles. The Morgan fingerprint density at radius 2 is 1.79 bits per heavy atom. The number of aromatic nitrogens is 2. The number of benzene rings is 1. The van der Waals surface area contributed by atoms with E-state index in [9.17, 15) is 14.7 Å². The molecule has 0 bridgehead atoms. The predicted molar refractivity (Wildman–Crippen MR) is 119 cm³/mol. The van der Waals surface area contributed by atoms with Gasteiger partial charge < -0.3 is 24.6 Å². The second-order valence-corrected chi connectivity index (χ2v) is 7.19. The highest BCUT2D eigenvalue weighted by Crippen LogP contribution is 2.28. The minimum Gasteiger partial charge on any atom is -0.503 e. The molecule has 0 unspecified atom stereocenters. The zero-order valence-corrected chi connectivity index (χ0v) is 18.5. The zero-order valence-electron chi connectivity index (χ0n) is 18.5. The van der Waals surface area contributed by atoms with E-state index in [0.29, 0.717) is 5.75 Å². The summed E-state index contributed by atoms with van der Waals surface area (Å²) in [5, 5.41) is 12.6. The number of carbonyl (C=O) groups is 2. The maximum Gasteiger partial charge on any atom is 0.328 e. The lowest BCUT2D eigenvalue weighted by Gasteiger charge is -2.26. The summed E-state index contributed by atoms with van der Waals surface area (Å²) in [4.78, 5) is 33.2. The van der Waals surface area contributed by atoms with Gasteiger partial charge in [0.05, 0.1) is 7.11 Å². The van der Waals surface area contributed by atoms with E-state index in [1.807, 2.05) is 24.3 Å². The van der Waals surface area contributed by atoms with E-state index in [0.717, 1.165) is 5.56 Å². The van der Waals surface area contributed by atoms with Crippen LogP contribution >= 0.6 is 0 Å². The van der Waals surface area contributed by atoms with Crippen molar-refractivity contribution in [2.45, 2.75) is 32.1 Å². The fourth-order valence-electron chi connectivity index (χ4n) is 3.06. The average molecular weight is 451 g/mol. The van der Waals surface area contributed by atoms with Gasteiger partial charge in [0.2, 0.25) is 0 Å². The van der Waals surface area contributed by atoms with Gasteiger partial charge in [-0.3, -0.25) is 9.78 Å². The number of amides is 1. The number of para-hydroxylation sites is 1. The SMILES string of the molecule is COc1ccnc(C(=O)N[C@@H](C)C(=O)O[C@@H](C)[C@@H](Oc2ccccc2)c2cccnc2)c1O. The van der Waals surface area contributed by atoms with Crippen LogP contribution in [0.4, 0.5) is 0 Å². The normalized spacial score (nSPS) is 13.3. The van der Waals surface area contributed by atoms with E-state index < -0.39 is 35.9 Å². The highest BCUT2D eigenvalue weighted by atomic mass is 16.6. The van der Waals surface area contributed by atoms with Gasteiger partial charge in [0, 0.05) is 30.2 Å². The van der Waals surface area contributed by atoms with Gasteiger partial charge in [-0.1, -0.05) is 24.3 Å². The molecule has 172 valence electrons. The van der Waals surface area contributed by atoms with Crippen LogP contribution in [0.1, 0.15) is 36.0 Å². The minimum absolute atomic E-state index is 0.0939. The van der Waals surface area contributed by atoms with Crippen molar-refractivity contribution in [1.82, 2.24) is 15.3 Å². The Labute approximate surface area is 191 Å². The standard InChI is InChI=1S/C24H25N3O6/c1-15(27-23(29)20-21(28)19(31-3)11-13-26-20)24(30)32-16(2)22(17-8-7-12-25-14-17)33-18-9-5-4-6-10-18/h4-16,22,28H,1-3H3,(H,27,29)/t15-,16-,22+/m0/s1. The van der Waals surface area contributed by atoms with Gasteiger partial charge in [-0.25, -0.2) is 9.78 Å². The summed E-state index contributed by atoms with van der Waals surface area (Å²) in [7, 11) is 1.36. The van der Waals surface area contributed by atoms with Crippen LogP contribution in [0.25, 0.3) is 0 Å². The molecular formula is C24H25N3O6. The van der Waals surface area contributed by atoms with Crippen LogP contribution < -0.4 is 14.8 Å². The molecule has 3 atom stereocenters. The zero-order chi connectivity index (χ0) is 23.8. The van der Waals surface area contributed by atoms with Crippen molar-refractivity contribution in [3.8, 4) is 17.2 Å². The molecule has 1 aromatic carbocycles. The van der Waals surface area contributed by atoms with Crippen LogP contribution in [0.15, 0.2) is 67.1 Å². The number of nitrogens with one attached hydrogen (secondary N) is 1. The summed E-state index contributed by atoms with van der Waals surface area (Å²) >= 11 is 0. The summed E-state index contributed by atoms with van der Waals surface area (Å²) in [5.74, 6) is -1.14. The van der Waals surface area contributed by atoms with Gasteiger partial charge in [0.25, 0.3) is 5.91 Å². The van der Waals surface area contributed by atoms with Crippen LogP contribution in [-0.4, -0.2) is 46.2 Å². The lowest BCUT2D eigenvalue weighted by atomic mass is 10.1. The number of hydrogen-bond acceptors (Lipinski definition) is 8. The Morgan fingerprint density at radius 3 is 2.45 bits per heavy atom. The highest BCUT2D eigenvalue weighted by Gasteiger charge is 2.29. The molecule has 1 amide bonds. The van der Waals surface area contributed by atoms with Crippen LogP contribution in [0, 0.1) is 0 Å². The number of methoxy groups -OCH3 is 1. The second kappa shape index (κ2) is 10.9. The number of esters is 1. The molecule has 2 heterocycles. The van der Waals surface area contributed by atoms with Crippen molar-refractivity contribution in [3.05, 3.63) is 78.4 Å². The molecule has 9 nitrogen and oxygen atoms in total. The molecule has 33 heavy (non-hydrogen) atoms. The first-order chi connectivity index (χ1) is 15.9. The van der Waals surface area contributed by atoms with Crippen molar-refractivity contribution in [2.24, 2.45) is 0 Å². The Balaban J connectivity index is 1.69. The largest absolute Gasteiger partial charge is 0.503 e. The van der Waals surface area contributed by atoms with Crippen LogP contribution in [0.3, 0.4) is 0 Å². The summed E-state index contributed by atoms with van der Waals surface area (Å²) in [6, 6.07) is 13.1. The van der Waals surface area contributed by atoms with Crippen LogP contribution in [-0.2, 0) is 9.53 Å². The van der Waals surface area contributed by atoms with E-state index in [1.54, 1.807) is 37.5 Å². The number of rotatable bonds is 9. The van der Waals surface area contributed by atoms with Crippen molar-refractivity contribution in [3.63, 3.8) is 0 Å². The Hall–Kier alpha value is -4.14. The summed E-state index contributed by atoms with van der Waals surface area (Å²) in [6.07, 6.45) is 3.26. The van der Waals surface area contributed by atoms with E-state index in [1.165, 1.54) is 26.3 Å². The van der Waals surface area contributed by atoms with Crippen LogP contribution in [0.2, 0.25) is 0 Å². The number of pyridine rings is 2. The van der Waals surface area contributed by atoms with Crippen molar-refractivity contribution in [2.75, 3.05) is 7.11 Å². The van der Waals surface area contributed by atoms with E-state index >= 15 is 0 Å². The maximum atomic E-state index is 12.7. The molecule has 0 saturated carbocycles. The number of nitrogens with zero attached hydrogens (tertiary/aromatic N) is 2. The molecule has 9 heteroatoms. The van der Waals surface area contributed by atoms with Crippen LogP contribution in [0.5, 0.6) is 17.2 Å². The molecule has 0 aliphatic carbocycles. The molecular weight excluding hydrogens is 426 g/mol. The van der Waals surface area contributed by atoms with Gasteiger partial charge in [0.15, 0.2) is 23.3 Å². The molecule has 0 spiro atoms. The van der Waals surface area contributed by atoms with E-state index in [-0.39, 0.29) is 11.4 Å². The predicted octanol–water partition coefficient (Wildman–Crippen LogP) is 3.06. The molecule has 2 N–H and O–H groups in total. The highest BCUT2D eigenvalue weighted by molar-refractivity contribution is 5.97. The topological polar surface area (TPSA) is 120 Å². The molecule has 3 rings (SSSR count). The lowest BCUT2D eigenvalue weighted by molar-refractivity contribution is -0.154. The first-order valence-electron chi connectivity index (χ1n) is 10.3. The third-order valence-corrected chi connectivity index (χ3v) is 4.77. The first kappa shape index (κ1) is 23.5. The van der Waals surface area contributed by atoms with Crippen molar-refractivity contribution < 1.29 is 28.9 Å². The number of carbonyl (C=O) groups excluding carboxylic acids is 2. The molecule has 0 aliphatic heterocycles. The smallest absolute Gasteiger partial charge is 0.328 e. The Morgan fingerprint density at radius 1 is 1.03 bits per heavy atom. The molecule has 0 aliphatic rings. The van der Waals surface area contributed by atoms with E-state index in [4.69, 9.17) is 14.2 Å². The van der Waals surface area contributed by atoms with Crippen molar-refractivity contribution >= 4 is 11.9 Å². The van der Waals surface area contributed by atoms with Crippen molar-refractivity contribution in [1.29, 1.82) is 0 Å². The summed E-state index contributed by atoms with van der Waals surface area (Å²) in [5.41, 5.74) is 0.464. The average Bonchev–Trinajstić information content (AvgIpc) is 2.83. The van der Waals surface area contributed by atoms with E-state index in [2.05, 4.69) is 15.3 Å². The third-order valence-electron chi connectivity index (χ3n) is 4.77. The Kier molecular flexibility index (Phi) is 7.80. The lowest BCUT2D eigenvalue weighted by Crippen LogP contribution is -2.42. The maximum absolute atomic E-state index is 12.7. The molecule has 0 fully saturated rings. The monoisotopic (exact) mass is 451 g/mol. The summed E-state index contributed by atoms with van der Waals surface area (Å²) in [6.45, 7) is 3.17. The quantitative estimate of drug-likeness (QED) is 0.477. The van der Waals surface area contributed by atoms with Gasteiger partial charge in [-0.2, -0.15) is 0 Å². The molecule has 0 radical (unpaired) electrons. The second-order valence-electron chi connectivity index (χ2n) is 7.19. The first-order valence-corrected chi connectivity index (χ1v) is 10.3. The summed E-state index contributed by atoms with van der Waals surface area (Å²) < 4.78 is 16.6. The Bertz CT molecular complexity index is 1080. The molecule has 3 aromatic rings. The fraction of sp³-hybridized carbons (Fsp3) is 0.250. The minimum atomic E-state index is -1.02. The third kappa shape index (κ3) is 5.97. The fourth-order valence-corrected chi connectivity index (χ4v) is 3.06. The number of ether oxygens (including phenoxy) is 3. The number of hydrogen-bond donors (Lipinski definition) is 2. The van der Waals surface area contributed by atoms with Gasteiger partial charge >= 0.3 is 5.97 Å². The van der Waals surface area contributed by atoms with Gasteiger partial charge in [-0.05, 0) is 32.0 Å². The number of aromatic hydroxyl groups is 1. The van der Waals surface area contributed by atoms with Gasteiger partial charge in [0.1, 0.15) is 17.9 Å².